The third-order valence-corrected chi connectivity index (χ3v) is 3.03. The second kappa shape index (κ2) is 5.23. The Morgan fingerprint density at radius 1 is 1.47 bits per heavy atom. The van der Waals surface area contributed by atoms with Gasteiger partial charge in [0.2, 0.25) is 5.95 Å². The van der Waals surface area contributed by atoms with Gasteiger partial charge in [-0.3, -0.25) is 4.68 Å². The molecule has 0 spiro atoms. The van der Waals surface area contributed by atoms with Crippen LogP contribution in [0.1, 0.15) is 6.42 Å². The molecular weight excluding hydrogens is 242 g/mol. The fourth-order valence-electron chi connectivity index (χ4n) is 2.10. The van der Waals surface area contributed by atoms with Crippen molar-refractivity contribution in [3.8, 4) is 0 Å². The first kappa shape index (κ1) is 11.9. The maximum atomic E-state index is 4.44. The largest absolute Gasteiger partial charge is 0.366 e. The Balaban J connectivity index is 1.68. The van der Waals surface area contributed by atoms with E-state index in [9.17, 15) is 0 Å². The second-order valence-corrected chi connectivity index (χ2v) is 4.63. The normalized spacial score (nSPS) is 18.5. The molecule has 0 saturated carbocycles. The Hall–Kier alpha value is -2.15. The summed E-state index contributed by atoms with van der Waals surface area (Å²) >= 11 is 0. The van der Waals surface area contributed by atoms with Gasteiger partial charge in [-0.15, -0.1) is 0 Å². The molecule has 100 valence electrons. The lowest BCUT2D eigenvalue weighted by Crippen LogP contribution is -2.22. The number of rotatable bonds is 4. The van der Waals surface area contributed by atoms with E-state index in [1.165, 1.54) is 0 Å². The molecule has 1 atom stereocenters. The molecule has 0 unspecified atom stereocenters. The molecular formula is C12H17N7. The minimum absolute atomic E-state index is 0.446. The summed E-state index contributed by atoms with van der Waals surface area (Å²) in [6.07, 6.45) is 6.49. The number of nitrogens with zero attached hydrogens (tertiary/aromatic N) is 4. The van der Waals surface area contributed by atoms with Crippen LogP contribution in [0, 0.1) is 0 Å². The zero-order chi connectivity index (χ0) is 13.1. The summed E-state index contributed by atoms with van der Waals surface area (Å²) in [5.74, 6) is 1.42. The Kier molecular flexibility index (Phi) is 3.28. The van der Waals surface area contributed by atoms with Crippen LogP contribution in [-0.2, 0) is 7.05 Å². The van der Waals surface area contributed by atoms with Crippen molar-refractivity contribution in [3.05, 3.63) is 24.7 Å². The van der Waals surface area contributed by atoms with Crippen LogP contribution in [0.4, 0.5) is 17.5 Å². The molecule has 7 nitrogen and oxygen atoms in total. The van der Waals surface area contributed by atoms with Gasteiger partial charge in [-0.25, -0.2) is 4.98 Å². The molecule has 1 aliphatic rings. The molecule has 2 aromatic rings. The number of hydrogen-bond acceptors (Lipinski definition) is 6. The van der Waals surface area contributed by atoms with Gasteiger partial charge in [0.05, 0.1) is 11.9 Å². The van der Waals surface area contributed by atoms with Gasteiger partial charge in [0.15, 0.2) is 0 Å². The Labute approximate surface area is 111 Å². The average molecular weight is 259 g/mol. The lowest BCUT2D eigenvalue weighted by atomic mass is 10.2. The average Bonchev–Trinajstić information content (AvgIpc) is 3.02. The quantitative estimate of drug-likeness (QED) is 0.751. The number of anilines is 3. The number of aryl methyl sites for hydroxylation is 1. The van der Waals surface area contributed by atoms with E-state index in [1.807, 2.05) is 19.3 Å². The van der Waals surface area contributed by atoms with Crippen LogP contribution in [-0.4, -0.2) is 38.9 Å². The molecule has 7 heteroatoms. The third-order valence-electron chi connectivity index (χ3n) is 3.03. The Bertz CT molecular complexity index is 545. The van der Waals surface area contributed by atoms with Crippen molar-refractivity contribution in [2.45, 2.75) is 12.5 Å². The van der Waals surface area contributed by atoms with Crippen molar-refractivity contribution in [1.82, 2.24) is 25.1 Å². The van der Waals surface area contributed by atoms with E-state index in [1.54, 1.807) is 17.1 Å². The standard InChI is InChI=1S/C12H17N7/c1-19-8-10(7-15-19)17-12-14-5-3-11(18-12)16-9-2-4-13-6-9/h3,5,7-9,13H,2,4,6H2,1H3,(H2,14,16,17,18)/t9-/m0/s1. The van der Waals surface area contributed by atoms with Gasteiger partial charge in [-0.1, -0.05) is 0 Å². The monoisotopic (exact) mass is 259 g/mol. The maximum absolute atomic E-state index is 4.44. The van der Waals surface area contributed by atoms with Crippen LogP contribution >= 0.6 is 0 Å². The second-order valence-electron chi connectivity index (χ2n) is 4.63. The highest BCUT2D eigenvalue weighted by Crippen LogP contribution is 2.14. The summed E-state index contributed by atoms with van der Waals surface area (Å²) in [5.41, 5.74) is 0.877. The minimum Gasteiger partial charge on any atom is -0.366 e. The van der Waals surface area contributed by atoms with Crippen LogP contribution in [0.3, 0.4) is 0 Å². The minimum atomic E-state index is 0.446. The van der Waals surface area contributed by atoms with Gasteiger partial charge in [-0.05, 0) is 19.0 Å². The zero-order valence-electron chi connectivity index (χ0n) is 10.8. The molecule has 2 aromatic heterocycles. The van der Waals surface area contributed by atoms with E-state index in [-0.39, 0.29) is 0 Å². The smallest absolute Gasteiger partial charge is 0.229 e. The number of nitrogens with one attached hydrogen (secondary N) is 3. The Morgan fingerprint density at radius 3 is 3.16 bits per heavy atom. The first-order valence-corrected chi connectivity index (χ1v) is 6.35. The summed E-state index contributed by atoms with van der Waals surface area (Å²) in [5, 5.41) is 13.9. The maximum Gasteiger partial charge on any atom is 0.229 e. The van der Waals surface area contributed by atoms with Gasteiger partial charge < -0.3 is 16.0 Å². The summed E-state index contributed by atoms with van der Waals surface area (Å²) in [6.45, 7) is 2.04. The highest BCUT2D eigenvalue weighted by Gasteiger charge is 2.14. The molecule has 1 fully saturated rings. The van der Waals surface area contributed by atoms with Gasteiger partial charge >= 0.3 is 0 Å². The molecule has 0 amide bonds. The van der Waals surface area contributed by atoms with Crippen LogP contribution < -0.4 is 16.0 Å². The fourth-order valence-corrected chi connectivity index (χ4v) is 2.10. The number of hydrogen-bond donors (Lipinski definition) is 3. The lowest BCUT2D eigenvalue weighted by molar-refractivity contribution is 0.768. The first-order valence-electron chi connectivity index (χ1n) is 6.35. The van der Waals surface area contributed by atoms with Gasteiger partial charge in [-0.2, -0.15) is 10.1 Å². The summed E-state index contributed by atoms with van der Waals surface area (Å²) < 4.78 is 1.73. The predicted octanol–water partition coefficient (Wildman–Crippen LogP) is 0.727. The molecule has 1 aliphatic heterocycles. The van der Waals surface area contributed by atoms with E-state index >= 15 is 0 Å². The molecule has 0 radical (unpaired) electrons. The molecule has 0 aromatic carbocycles. The SMILES string of the molecule is Cn1cc(Nc2nccc(N[C@H]3CCNC3)n2)cn1. The van der Waals surface area contributed by atoms with Crippen molar-refractivity contribution in [3.63, 3.8) is 0 Å². The molecule has 0 aliphatic carbocycles. The van der Waals surface area contributed by atoms with Crippen LogP contribution in [0.25, 0.3) is 0 Å². The predicted molar refractivity (Wildman–Crippen MR) is 73.4 cm³/mol. The van der Waals surface area contributed by atoms with Crippen LogP contribution in [0.5, 0.6) is 0 Å². The van der Waals surface area contributed by atoms with E-state index < -0.39 is 0 Å². The molecule has 3 rings (SSSR count). The zero-order valence-corrected chi connectivity index (χ0v) is 10.8. The molecule has 3 heterocycles. The van der Waals surface area contributed by atoms with Crippen molar-refractivity contribution >= 4 is 17.5 Å². The molecule has 19 heavy (non-hydrogen) atoms. The topological polar surface area (TPSA) is 79.7 Å². The molecule has 0 bridgehead atoms. The van der Waals surface area contributed by atoms with Crippen LogP contribution in [0.15, 0.2) is 24.7 Å². The van der Waals surface area contributed by atoms with Gasteiger partial charge in [0, 0.05) is 32.0 Å². The van der Waals surface area contributed by atoms with Crippen molar-refractivity contribution in [1.29, 1.82) is 0 Å². The van der Waals surface area contributed by atoms with Crippen molar-refractivity contribution in [2.24, 2.45) is 7.05 Å². The van der Waals surface area contributed by atoms with Crippen molar-refractivity contribution in [2.75, 3.05) is 23.7 Å². The number of aromatic nitrogens is 4. The van der Waals surface area contributed by atoms with Gasteiger partial charge in [0.25, 0.3) is 0 Å². The Morgan fingerprint density at radius 2 is 2.42 bits per heavy atom. The summed E-state index contributed by atoms with van der Waals surface area (Å²) in [7, 11) is 1.87. The lowest BCUT2D eigenvalue weighted by Gasteiger charge is -2.12. The fraction of sp³-hybridized carbons (Fsp3) is 0.417. The first-order chi connectivity index (χ1) is 9.29. The highest BCUT2D eigenvalue weighted by molar-refractivity contribution is 5.52. The highest BCUT2D eigenvalue weighted by atomic mass is 15.3. The third kappa shape index (κ3) is 3.00. The molecule has 1 saturated heterocycles. The van der Waals surface area contributed by atoms with Gasteiger partial charge in [0.1, 0.15) is 5.82 Å². The van der Waals surface area contributed by atoms with Crippen LogP contribution in [0.2, 0.25) is 0 Å². The van der Waals surface area contributed by atoms with Crippen molar-refractivity contribution < 1.29 is 0 Å². The summed E-state index contributed by atoms with van der Waals surface area (Å²) in [4.78, 5) is 8.65. The van der Waals surface area contributed by atoms with E-state index in [2.05, 4.69) is 31.0 Å². The van der Waals surface area contributed by atoms with E-state index in [0.29, 0.717) is 12.0 Å². The van der Waals surface area contributed by atoms with E-state index in [0.717, 1.165) is 31.0 Å². The van der Waals surface area contributed by atoms with E-state index in [4.69, 9.17) is 0 Å². The molecule has 3 N–H and O–H groups in total. The summed E-state index contributed by atoms with van der Waals surface area (Å²) in [6, 6.07) is 2.33.